The van der Waals surface area contributed by atoms with Gasteiger partial charge in [-0.2, -0.15) is 0 Å². The lowest BCUT2D eigenvalue weighted by Crippen LogP contribution is -2.36. The fourth-order valence-electron chi connectivity index (χ4n) is 1.71. The Kier molecular flexibility index (Phi) is 5.48. The molecule has 0 amide bonds. The summed E-state index contributed by atoms with van der Waals surface area (Å²) in [5.74, 6) is 6.83. The standard InChI is InChI=1S/C14H25N5O2/c1-8(2)11(12(20)21-6)16-9-7-10(19-15)18-13(17-9)14(3,4)5/h7-8,11H,15H2,1-6H3,(H2,16,17,18,19). The van der Waals surface area contributed by atoms with Crippen LogP contribution in [-0.4, -0.2) is 29.1 Å². The first-order valence-corrected chi connectivity index (χ1v) is 6.89. The van der Waals surface area contributed by atoms with Crippen LogP contribution in [0.3, 0.4) is 0 Å². The number of carbonyl (C=O) groups is 1. The maximum atomic E-state index is 11.8. The summed E-state index contributed by atoms with van der Waals surface area (Å²) in [5.41, 5.74) is 2.28. The van der Waals surface area contributed by atoms with Gasteiger partial charge in [0, 0.05) is 11.5 Å². The van der Waals surface area contributed by atoms with Gasteiger partial charge in [0.15, 0.2) is 0 Å². The minimum absolute atomic E-state index is 0.0554. The number of hydrogen-bond donors (Lipinski definition) is 3. The Balaban J connectivity index is 3.14. The van der Waals surface area contributed by atoms with E-state index in [4.69, 9.17) is 10.6 Å². The predicted molar refractivity (Wildman–Crippen MR) is 82.8 cm³/mol. The third-order valence-electron chi connectivity index (χ3n) is 2.97. The van der Waals surface area contributed by atoms with E-state index in [1.165, 1.54) is 7.11 Å². The first kappa shape index (κ1) is 17.2. The van der Waals surface area contributed by atoms with Crippen molar-refractivity contribution in [3.05, 3.63) is 11.9 Å². The highest BCUT2D eigenvalue weighted by atomic mass is 16.5. The second-order valence-electron chi connectivity index (χ2n) is 6.25. The van der Waals surface area contributed by atoms with E-state index in [1.807, 2.05) is 34.6 Å². The summed E-state index contributed by atoms with van der Waals surface area (Å²) in [4.78, 5) is 20.6. The van der Waals surface area contributed by atoms with Crippen molar-refractivity contribution in [2.24, 2.45) is 11.8 Å². The lowest BCUT2D eigenvalue weighted by Gasteiger charge is -2.23. The maximum absolute atomic E-state index is 11.8. The zero-order valence-corrected chi connectivity index (χ0v) is 13.5. The molecule has 0 aliphatic rings. The van der Waals surface area contributed by atoms with Crippen molar-refractivity contribution in [3.8, 4) is 0 Å². The molecule has 0 aliphatic carbocycles. The fraction of sp³-hybridized carbons (Fsp3) is 0.643. The average Bonchev–Trinajstić information content (AvgIpc) is 2.42. The zero-order chi connectivity index (χ0) is 16.2. The SMILES string of the molecule is COC(=O)C(Nc1cc(NN)nc(C(C)(C)C)n1)C(C)C. The van der Waals surface area contributed by atoms with Crippen LogP contribution in [-0.2, 0) is 14.9 Å². The Morgan fingerprint density at radius 3 is 2.29 bits per heavy atom. The second kappa shape index (κ2) is 6.71. The van der Waals surface area contributed by atoms with E-state index in [-0.39, 0.29) is 17.3 Å². The number of nitrogens with two attached hydrogens (primary N) is 1. The van der Waals surface area contributed by atoms with Crippen LogP contribution in [0.15, 0.2) is 6.07 Å². The molecule has 0 saturated carbocycles. The maximum Gasteiger partial charge on any atom is 0.328 e. The Bertz CT molecular complexity index is 497. The normalized spacial score (nSPS) is 13.0. The van der Waals surface area contributed by atoms with Crippen molar-refractivity contribution in [3.63, 3.8) is 0 Å². The molecule has 0 aromatic carbocycles. The highest BCUT2D eigenvalue weighted by Gasteiger charge is 2.25. The molecular formula is C14H25N5O2. The Labute approximate surface area is 125 Å². The molecule has 1 aromatic heterocycles. The molecule has 0 bridgehead atoms. The number of hydrazine groups is 1. The largest absolute Gasteiger partial charge is 0.467 e. The number of methoxy groups -OCH3 is 1. The van der Waals surface area contributed by atoms with Crippen molar-refractivity contribution in [1.29, 1.82) is 0 Å². The summed E-state index contributed by atoms with van der Waals surface area (Å²) < 4.78 is 4.81. The number of anilines is 2. The summed E-state index contributed by atoms with van der Waals surface area (Å²) in [7, 11) is 1.37. The van der Waals surface area contributed by atoms with Crippen LogP contribution in [0.5, 0.6) is 0 Å². The molecule has 0 saturated heterocycles. The van der Waals surface area contributed by atoms with E-state index in [1.54, 1.807) is 6.07 Å². The van der Waals surface area contributed by atoms with Crippen LogP contribution in [0.2, 0.25) is 0 Å². The minimum atomic E-state index is -0.483. The van der Waals surface area contributed by atoms with E-state index in [2.05, 4.69) is 20.7 Å². The van der Waals surface area contributed by atoms with E-state index in [9.17, 15) is 4.79 Å². The number of nitrogens with zero attached hydrogens (tertiary/aromatic N) is 2. The highest BCUT2D eigenvalue weighted by Crippen LogP contribution is 2.23. The van der Waals surface area contributed by atoms with Gasteiger partial charge in [-0.05, 0) is 5.92 Å². The van der Waals surface area contributed by atoms with Gasteiger partial charge < -0.3 is 15.5 Å². The molecule has 1 atom stereocenters. The summed E-state index contributed by atoms with van der Waals surface area (Å²) in [6.45, 7) is 9.89. The van der Waals surface area contributed by atoms with Crippen LogP contribution in [0, 0.1) is 5.92 Å². The van der Waals surface area contributed by atoms with Gasteiger partial charge in [0.1, 0.15) is 23.5 Å². The highest BCUT2D eigenvalue weighted by molar-refractivity contribution is 5.79. The number of ether oxygens (including phenoxy) is 1. The van der Waals surface area contributed by atoms with Crippen molar-refractivity contribution < 1.29 is 9.53 Å². The quantitative estimate of drug-likeness (QED) is 0.431. The number of aromatic nitrogens is 2. The van der Waals surface area contributed by atoms with Gasteiger partial charge in [-0.15, -0.1) is 0 Å². The molecule has 0 spiro atoms. The molecular weight excluding hydrogens is 270 g/mol. The third kappa shape index (κ3) is 4.56. The summed E-state index contributed by atoms with van der Waals surface area (Å²) in [5, 5.41) is 3.10. The van der Waals surface area contributed by atoms with Crippen LogP contribution in [0.4, 0.5) is 11.6 Å². The lowest BCUT2D eigenvalue weighted by atomic mass is 9.95. The zero-order valence-electron chi connectivity index (χ0n) is 13.5. The van der Waals surface area contributed by atoms with Crippen molar-refractivity contribution in [2.75, 3.05) is 17.9 Å². The number of nitrogens with one attached hydrogen (secondary N) is 2. The molecule has 4 N–H and O–H groups in total. The summed E-state index contributed by atoms with van der Waals surface area (Å²) >= 11 is 0. The Hall–Kier alpha value is -1.89. The summed E-state index contributed by atoms with van der Waals surface area (Å²) in [6.07, 6.45) is 0. The molecule has 0 radical (unpaired) electrons. The predicted octanol–water partition coefficient (Wildman–Crippen LogP) is 1.67. The topological polar surface area (TPSA) is 102 Å². The van der Waals surface area contributed by atoms with Gasteiger partial charge in [-0.1, -0.05) is 34.6 Å². The van der Waals surface area contributed by atoms with Crippen molar-refractivity contribution in [2.45, 2.75) is 46.1 Å². The molecule has 1 heterocycles. The van der Waals surface area contributed by atoms with E-state index < -0.39 is 6.04 Å². The number of esters is 1. The molecule has 0 aliphatic heterocycles. The van der Waals surface area contributed by atoms with Crippen molar-refractivity contribution >= 4 is 17.6 Å². The van der Waals surface area contributed by atoms with Gasteiger partial charge >= 0.3 is 5.97 Å². The smallest absolute Gasteiger partial charge is 0.328 e. The second-order valence-corrected chi connectivity index (χ2v) is 6.25. The van der Waals surface area contributed by atoms with E-state index in [0.29, 0.717) is 17.5 Å². The number of rotatable bonds is 5. The first-order valence-electron chi connectivity index (χ1n) is 6.89. The molecule has 1 rings (SSSR count). The molecule has 7 nitrogen and oxygen atoms in total. The monoisotopic (exact) mass is 295 g/mol. The average molecular weight is 295 g/mol. The lowest BCUT2D eigenvalue weighted by molar-refractivity contribution is -0.142. The van der Waals surface area contributed by atoms with E-state index >= 15 is 0 Å². The van der Waals surface area contributed by atoms with Crippen LogP contribution in [0.1, 0.15) is 40.4 Å². The molecule has 1 unspecified atom stereocenters. The number of nitrogen functional groups attached to an aromatic ring is 1. The summed E-state index contributed by atoms with van der Waals surface area (Å²) in [6, 6.07) is 1.18. The van der Waals surface area contributed by atoms with Gasteiger partial charge in [0.2, 0.25) is 0 Å². The van der Waals surface area contributed by atoms with Crippen LogP contribution < -0.4 is 16.6 Å². The van der Waals surface area contributed by atoms with Gasteiger partial charge in [-0.3, -0.25) is 0 Å². The Morgan fingerprint density at radius 2 is 1.86 bits per heavy atom. The molecule has 7 heteroatoms. The van der Waals surface area contributed by atoms with E-state index in [0.717, 1.165) is 0 Å². The van der Waals surface area contributed by atoms with Crippen molar-refractivity contribution in [1.82, 2.24) is 9.97 Å². The third-order valence-corrected chi connectivity index (χ3v) is 2.97. The molecule has 118 valence electrons. The molecule has 1 aromatic rings. The Morgan fingerprint density at radius 1 is 1.29 bits per heavy atom. The minimum Gasteiger partial charge on any atom is -0.467 e. The fourth-order valence-corrected chi connectivity index (χ4v) is 1.71. The number of hydrogen-bond acceptors (Lipinski definition) is 7. The molecule has 0 fully saturated rings. The van der Waals surface area contributed by atoms with Crippen LogP contribution in [0.25, 0.3) is 0 Å². The van der Waals surface area contributed by atoms with Crippen LogP contribution >= 0.6 is 0 Å². The number of carbonyl (C=O) groups excluding carboxylic acids is 1. The van der Waals surface area contributed by atoms with Gasteiger partial charge in [0.25, 0.3) is 0 Å². The van der Waals surface area contributed by atoms with Gasteiger partial charge in [0.05, 0.1) is 7.11 Å². The van der Waals surface area contributed by atoms with Gasteiger partial charge in [-0.25, -0.2) is 20.6 Å². The first-order chi connectivity index (χ1) is 9.68. The molecule has 21 heavy (non-hydrogen) atoms.